The topological polar surface area (TPSA) is 102 Å². The van der Waals surface area contributed by atoms with Crippen molar-refractivity contribution in [1.29, 1.82) is 0 Å². The molecule has 1 aliphatic rings. The number of carbonyl (C=O) groups excluding carboxylic acids is 2. The van der Waals surface area contributed by atoms with Gasteiger partial charge in [-0.15, -0.1) is 0 Å². The van der Waals surface area contributed by atoms with Gasteiger partial charge < -0.3 is 20.3 Å². The minimum Gasteiger partial charge on any atom is -0.449 e. The van der Waals surface area contributed by atoms with Gasteiger partial charge in [0.05, 0.1) is 12.6 Å². The van der Waals surface area contributed by atoms with E-state index < -0.39 is 0 Å². The third-order valence-corrected chi connectivity index (χ3v) is 3.92. The predicted octanol–water partition coefficient (Wildman–Crippen LogP) is 1.32. The monoisotopic (exact) mass is 321 g/mol. The summed E-state index contributed by atoms with van der Waals surface area (Å²) in [6, 6.07) is 1.64. The van der Waals surface area contributed by atoms with Gasteiger partial charge in [0, 0.05) is 26.2 Å². The molecule has 0 bridgehead atoms. The Morgan fingerprint density at radius 2 is 2.35 bits per heavy atom. The Hall–Kier alpha value is -2.38. The number of carbonyl (C=O) groups is 2. The molecule has 23 heavy (non-hydrogen) atoms. The van der Waals surface area contributed by atoms with Crippen LogP contribution < -0.4 is 10.6 Å². The SMILES string of the molecule is CCCCOC(=O)N(C)C1CCN(c2cc(C=O)nc(N)n2)C1. The number of unbranched alkanes of at least 4 members (excludes halogenated alkanes) is 1. The van der Waals surface area contributed by atoms with Crippen LogP contribution in [0.4, 0.5) is 16.6 Å². The second-order valence-electron chi connectivity index (χ2n) is 5.59. The Morgan fingerprint density at radius 1 is 1.57 bits per heavy atom. The van der Waals surface area contributed by atoms with Gasteiger partial charge in [0.25, 0.3) is 0 Å². The molecular weight excluding hydrogens is 298 g/mol. The van der Waals surface area contributed by atoms with Gasteiger partial charge in [-0.2, -0.15) is 4.98 Å². The van der Waals surface area contributed by atoms with Gasteiger partial charge in [-0.25, -0.2) is 9.78 Å². The molecule has 126 valence electrons. The van der Waals surface area contributed by atoms with Gasteiger partial charge >= 0.3 is 6.09 Å². The van der Waals surface area contributed by atoms with Crippen molar-refractivity contribution < 1.29 is 14.3 Å². The summed E-state index contributed by atoms with van der Waals surface area (Å²) in [6.45, 7) is 3.84. The normalized spacial score (nSPS) is 17.1. The summed E-state index contributed by atoms with van der Waals surface area (Å²) in [7, 11) is 1.74. The molecule has 2 heterocycles. The van der Waals surface area contributed by atoms with E-state index in [4.69, 9.17) is 10.5 Å². The number of amides is 1. The summed E-state index contributed by atoms with van der Waals surface area (Å²) >= 11 is 0. The van der Waals surface area contributed by atoms with Crippen molar-refractivity contribution in [2.45, 2.75) is 32.2 Å². The second kappa shape index (κ2) is 7.75. The number of nitrogens with two attached hydrogens (primary N) is 1. The lowest BCUT2D eigenvalue weighted by atomic mass is 10.2. The van der Waals surface area contributed by atoms with Crippen LogP contribution in [0.3, 0.4) is 0 Å². The summed E-state index contributed by atoms with van der Waals surface area (Å²) in [5.74, 6) is 0.676. The number of likely N-dealkylation sites (N-methyl/N-ethyl adjacent to an activating group) is 1. The van der Waals surface area contributed by atoms with Crippen LogP contribution in [0.1, 0.15) is 36.7 Å². The molecule has 0 aliphatic carbocycles. The smallest absolute Gasteiger partial charge is 0.409 e. The lowest BCUT2D eigenvalue weighted by Gasteiger charge is -2.24. The first-order valence-corrected chi connectivity index (χ1v) is 7.79. The molecule has 1 aromatic heterocycles. The van der Waals surface area contributed by atoms with Crippen LogP contribution in [0.2, 0.25) is 0 Å². The lowest BCUT2D eigenvalue weighted by Crippen LogP contribution is -2.39. The summed E-state index contributed by atoms with van der Waals surface area (Å²) in [6.07, 6.45) is 3.00. The number of aromatic nitrogens is 2. The zero-order chi connectivity index (χ0) is 16.8. The fourth-order valence-corrected chi connectivity index (χ4v) is 2.51. The Morgan fingerprint density at radius 3 is 3.04 bits per heavy atom. The first-order valence-electron chi connectivity index (χ1n) is 7.79. The molecule has 2 N–H and O–H groups in total. The molecule has 0 aromatic carbocycles. The molecule has 0 radical (unpaired) electrons. The van der Waals surface area contributed by atoms with Gasteiger partial charge in [-0.3, -0.25) is 4.79 Å². The Balaban J connectivity index is 1.96. The van der Waals surface area contributed by atoms with E-state index >= 15 is 0 Å². The Kier molecular flexibility index (Phi) is 5.72. The maximum atomic E-state index is 12.0. The van der Waals surface area contributed by atoms with E-state index in [1.165, 1.54) is 0 Å². The quantitative estimate of drug-likeness (QED) is 0.622. The first kappa shape index (κ1) is 17.0. The Labute approximate surface area is 135 Å². The lowest BCUT2D eigenvalue weighted by molar-refractivity contribution is 0.0986. The van der Waals surface area contributed by atoms with Crippen LogP contribution in [0.15, 0.2) is 6.07 Å². The van der Waals surface area contributed by atoms with Crippen molar-refractivity contribution >= 4 is 24.1 Å². The third kappa shape index (κ3) is 4.30. The van der Waals surface area contributed by atoms with Crippen molar-refractivity contribution in [2.24, 2.45) is 0 Å². The van der Waals surface area contributed by atoms with Crippen LogP contribution in [0, 0.1) is 0 Å². The number of ether oxygens (including phenoxy) is 1. The summed E-state index contributed by atoms with van der Waals surface area (Å²) in [5.41, 5.74) is 5.87. The highest BCUT2D eigenvalue weighted by molar-refractivity contribution is 5.74. The van der Waals surface area contributed by atoms with Crippen molar-refractivity contribution in [2.75, 3.05) is 37.4 Å². The number of hydrogen-bond acceptors (Lipinski definition) is 7. The van der Waals surface area contributed by atoms with E-state index in [9.17, 15) is 9.59 Å². The largest absolute Gasteiger partial charge is 0.449 e. The molecule has 8 nitrogen and oxygen atoms in total. The highest BCUT2D eigenvalue weighted by atomic mass is 16.6. The number of aldehydes is 1. The molecule has 1 saturated heterocycles. The van der Waals surface area contributed by atoms with E-state index in [-0.39, 0.29) is 23.8 Å². The van der Waals surface area contributed by atoms with E-state index in [0.717, 1.165) is 25.8 Å². The summed E-state index contributed by atoms with van der Waals surface area (Å²) in [4.78, 5) is 34.5. The third-order valence-electron chi connectivity index (χ3n) is 3.92. The van der Waals surface area contributed by atoms with Crippen LogP contribution in [-0.2, 0) is 4.74 Å². The number of anilines is 2. The fraction of sp³-hybridized carbons (Fsp3) is 0.600. The summed E-state index contributed by atoms with van der Waals surface area (Å²) < 4.78 is 5.23. The molecule has 1 aliphatic heterocycles. The minimum absolute atomic E-state index is 0.0417. The zero-order valence-electron chi connectivity index (χ0n) is 13.6. The van der Waals surface area contributed by atoms with Gasteiger partial charge in [0.15, 0.2) is 6.29 Å². The molecule has 0 saturated carbocycles. The molecule has 1 atom stereocenters. The predicted molar refractivity (Wildman–Crippen MR) is 86.5 cm³/mol. The van der Waals surface area contributed by atoms with Gasteiger partial charge in [0.2, 0.25) is 5.95 Å². The number of nitrogen functional groups attached to an aromatic ring is 1. The average molecular weight is 321 g/mol. The molecule has 2 rings (SSSR count). The number of hydrogen-bond donors (Lipinski definition) is 1. The summed E-state index contributed by atoms with van der Waals surface area (Å²) in [5, 5.41) is 0. The van der Waals surface area contributed by atoms with E-state index in [1.807, 2.05) is 11.8 Å². The molecule has 8 heteroatoms. The van der Waals surface area contributed by atoms with Crippen molar-refractivity contribution in [3.05, 3.63) is 11.8 Å². The maximum Gasteiger partial charge on any atom is 0.409 e. The average Bonchev–Trinajstić information content (AvgIpc) is 3.03. The standard InChI is InChI=1S/C15H23N5O3/c1-3-4-7-23-15(22)19(2)12-5-6-20(9-12)13-8-11(10-21)17-14(16)18-13/h8,10,12H,3-7,9H2,1-2H3,(H2,16,17,18). The van der Waals surface area contributed by atoms with Crippen LogP contribution in [0.25, 0.3) is 0 Å². The van der Waals surface area contributed by atoms with Crippen molar-refractivity contribution in [3.8, 4) is 0 Å². The molecule has 0 spiro atoms. The molecule has 1 aromatic rings. The number of rotatable bonds is 6. The van der Waals surface area contributed by atoms with Gasteiger partial charge in [-0.05, 0) is 12.8 Å². The van der Waals surface area contributed by atoms with E-state index in [0.29, 0.717) is 25.3 Å². The Bertz CT molecular complexity index is 566. The van der Waals surface area contributed by atoms with Gasteiger partial charge in [0.1, 0.15) is 11.5 Å². The molecule has 1 fully saturated rings. The molecular formula is C15H23N5O3. The van der Waals surface area contributed by atoms with Crippen molar-refractivity contribution in [1.82, 2.24) is 14.9 Å². The first-order chi connectivity index (χ1) is 11.0. The number of nitrogens with zero attached hydrogens (tertiary/aromatic N) is 4. The zero-order valence-corrected chi connectivity index (χ0v) is 13.6. The fourth-order valence-electron chi connectivity index (χ4n) is 2.51. The van der Waals surface area contributed by atoms with Crippen molar-refractivity contribution in [3.63, 3.8) is 0 Å². The maximum absolute atomic E-state index is 12.0. The van der Waals surface area contributed by atoms with Crippen LogP contribution >= 0.6 is 0 Å². The van der Waals surface area contributed by atoms with Gasteiger partial charge in [-0.1, -0.05) is 13.3 Å². The molecule has 1 unspecified atom stereocenters. The van der Waals surface area contributed by atoms with E-state index in [1.54, 1.807) is 18.0 Å². The highest BCUT2D eigenvalue weighted by Crippen LogP contribution is 2.22. The van der Waals surface area contributed by atoms with Crippen LogP contribution in [-0.4, -0.2) is 60.0 Å². The molecule has 1 amide bonds. The second-order valence-corrected chi connectivity index (χ2v) is 5.59. The van der Waals surface area contributed by atoms with Crippen LogP contribution in [0.5, 0.6) is 0 Å². The van der Waals surface area contributed by atoms with E-state index in [2.05, 4.69) is 9.97 Å². The highest BCUT2D eigenvalue weighted by Gasteiger charge is 2.30. The minimum atomic E-state index is -0.305.